The molecule has 1 unspecified atom stereocenters. The van der Waals surface area contributed by atoms with Gasteiger partial charge in [-0.15, -0.1) is 0 Å². The van der Waals surface area contributed by atoms with E-state index in [1.165, 1.54) is 0 Å². The third kappa shape index (κ3) is 3.43. The highest BCUT2D eigenvalue weighted by Crippen LogP contribution is 2.35. The van der Waals surface area contributed by atoms with Gasteiger partial charge in [0.2, 0.25) is 0 Å². The Morgan fingerprint density at radius 2 is 1.60 bits per heavy atom. The van der Waals surface area contributed by atoms with Crippen LogP contribution in [0.5, 0.6) is 0 Å². The molecular weight excluding hydrogens is 312 g/mol. The number of rotatable bonds is 4. The van der Waals surface area contributed by atoms with E-state index in [-0.39, 0.29) is 18.1 Å². The van der Waals surface area contributed by atoms with Gasteiger partial charge in [-0.05, 0) is 43.4 Å². The predicted molar refractivity (Wildman–Crippen MR) is 98.5 cm³/mol. The minimum absolute atomic E-state index is 0.0229. The molecule has 1 aliphatic heterocycles. The number of anilines is 1. The van der Waals surface area contributed by atoms with Crippen molar-refractivity contribution in [3.8, 4) is 0 Å². The number of para-hydroxylation sites is 1. The van der Waals surface area contributed by atoms with E-state index in [4.69, 9.17) is 4.74 Å². The summed E-state index contributed by atoms with van der Waals surface area (Å²) in [4.78, 5) is 12.6. The molecule has 0 saturated heterocycles. The van der Waals surface area contributed by atoms with Crippen LogP contribution in [0.4, 0.5) is 5.69 Å². The number of hydrogen-bond donors (Lipinski definition) is 0. The molecule has 4 nitrogen and oxygen atoms in total. The molecule has 4 rings (SSSR count). The van der Waals surface area contributed by atoms with Crippen LogP contribution in [0.1, 0.15) is 43.7 Å². The maximum atomic E-state index is 12.6. The molecule has 4 heteroatoms. The fourth-order valence-electron chi connectivity index (χ4n) is 3.61. The van der Waals surface area contributed by atoms with Crippen LogP contribution >= 0.6 is 0 Å². The molecule has 2 aliphatic rings. The summed E-state index contributed by atoms with van der Waals surface area (Å²) < 4.78 is 5.67. The molecule has 1 fully saturated rings. The molecule has 1 saturated carbocycles. The standard InChI is InChI=1S/C21H22N2O2/c24-21(25-18-13-7-8-14-18)19-15-20(16-9-3-1-4-10-16)23(22-19)17-11-5-2-6-12-17/h1-6,9-12,18,20H,7-8,13-15H2. The molecule has 0 N–H and O–H groups in total. The highest BCUT2D eigenvalue weighted by Gasteiger charge is 2.34. The van der Waals surface area contributed by atoms with Crippen molar-refractivity contribution in [2.24, 2.45) is 5.10 Å². The number of esters is 1. The summed E-state index contributed by atoms with van der Waals surface area (Å²) in [5, 5.41) is 6.58. The minimum Gasteiger partial charge on any atom is -0.458 e. The van der Waals surface area contributed by atoms with Gasteiger partial charge in [-0.25, -0.2) is 4.79 Å². The highest BCUT2D eigenvalue weighted by molar-refractivity contribution is 6.37. The number of hydrazone groups is 1. The predicted octanol–water partition coefficient (Wildman–Crippen LogP) is 4.48. The van der Waals surface area contributed by atoms with Gasteiger partial charge in [-0.1, -0.05) is 48.5 Å². The molecular formula is C21H22N2O2. The van der Waals surface area contributed by atoms with Crippen LogP contribution in [0.15, 0.2) is 65.8 Å². The quantitative estimate of drug-likeness (QED) is 0.774. The van der Waals surface area contributed by atoms with E-state index in [9.17, 15) is 4.79 Å². The average Bonchev–Trinajstić information content (AvgIpc) is 3.33. The van der Waals surface area contributed by atoms with E-state index in [2.05, 4.69) is 17.2 Å². The number of carbonyl (C=O) groups is 1. The molecule has 0 radical (unpaired) electrons. The van der Waals surface area contributed by atoms with E-state index in [1.54, 1.807) is 0 Å². The fourth-order valence-corrected chi connectivity index (χ4v) is 3.61. The topological polar surface area (TPSA) is 41.9 Å². The van der Waals surface area contributed by atoms with Gasteiger partial charge < -0.3 is 4.74 Å². The number of nitrogens with zero attached hydrogens (tertiary/aromatic N) is 2. The Morgan fingerprint density at radius 3 is 2.28 bits per heavy atom. The first-order chi connectivity index (χ1) is 12.3. The van der Waals surface area contributed by atoms with Gasteiger partial charge in [-0.3, -0.25) is 5.01 Å². The zero-order valence-corrected chi connectivity index (χ0v) is 14.2. The van der Waals surface area contributed by atoms with E-state index in [1.807, 2.05) is 53.5 Å². The van der Waals surface area contributed by atoms with Gasteiger partial charge in [0, 0.05) is 6.42 Å². The number of benzene rings is 2. The first-order valence-corrected chi connectivity index (χ1v) is 8.99. The molecule has 1 heterocycles. The molecule has 0 amide bonds. The third-order valence-electron chi connectivity index (χ3n) is 4.93. The largest absolute Gasteiger partial charge is 0.458 e. The molecule has 1 atom stereocenters. The summed E-state index contributed by atoms with van der Waals surface area (Å²) in [6, 6.07) is 20.2. The summed E-state index contributed by atoms with van der Waals surface area (Å²) in [5.74, 6) is -0.258. The smallest absolute Gasteiger partial charge is 0.354 e. The summed E-state index contributed by atoms with van der Waals surface area (Å²) in [6.07, 6.45) is 4.88. The second-order valence-corrected chi connectivity index (χ2v) is 6.67. The van der Waals surface area contributed by atoms with Crippen LogP contribution in [0.25, 0.3) is 0 Å². The number of carbonyl (C=O) groups excluding carboxylic acids is 1. The lowest BCUT2D eigenvalue weighted by Gasteiger charge is -2.23. The van der Waals surface area contributed by atoms with Gasteiger partial charge in [0.1, 0.15) is 11.8 Å². The Morgan fingerprint density at radius 1 is 0.960 bits per heavy atom. The van der Waals surface area contributed by atoms with Crippen molar-refractivity contribution in [3.63, 3.8) is 0 Å². The second kappa shape index (κ2) is 7.09. The SMILES string of the molecule is O=C(OC1CCCC1)C1=NN(c2ccccc2)C(c2ccccc2)C1. The molecule has 0 bridgehead atoms. The van der Waals surface area contributed by atoms with Gasteiger partial charge in [0.25, 0.3) is 0 Å². The maximum absolute atomic E-state index is 12.6. The van der Waals surface area contributed by atoms with E-state index in [0.717, 1.165) is 36.9 Å². The van der Waals surface area contributed by atoms with Crippen molar-refractivity contribution in [1.29, 1.82) is 0 Å². The molecule has 128 valence electrons. The van der Waals surface area contributed by atoms with Crippen LogP contribution in [0, 0.1) is 0 Å². The average molecular weight is 334 g/mol. The van der Waals surface area contributed by atoms with Crippen molar-refractivity contribution < 1.29 is 9.53 Å². The molecule has 0 aromatic heterocycles. The van der Waals surface area contributed by atoms with Crippen LogP contribution in [0.3, 0.4) is 0 Å². The van der Waals surface area contributed by atoms with Crippen molar-refractivity contribution >= 4 is 17.4 Å². The van der Waals surface area contributed by atoms with Crippen LogP contribution in [-0.2, 0) is 9.53 Å². The highest BCUT2D eigenvalue weighted by atomic mass is 16.5. The Bertz CT molecular complexity index is 752. The molecule has 0 spiro atoms. The minimum atomic E-state index is -0.258. The lowest BCUT2D eigenvalue weighted by Crippen LogP contribution is -2.22. The van der Waals surface area contributed by atoms with Crippen molar-refractivity contribution in [2.75, 3.05) is 5.01 Å². The van der Waals surface area contributed by atoms with Crippen LogP contribution in [0.2, 0.25) is 0 Å². The van der Waals surface area contributed by atoms with Crippen LogP contribution in [-0.4, -0.2) is 17.8 Å². The zero-order valence-electron chi connectivity index (χ0n) is 14.2. The summed E-state index contributed by atoms with van der Waals surface area (Å²) in [7, 11) is 0. The summed E-state index contributed by atoms with van der Waals surface area (Å²) in [5.41, 5.74) is 2.66. The second-order valence-electron chi connectivity index (χ2n) is 6.67. The van der Waals surface area contributed by atoms with E-state index < -0.39 is 0 Å². The first-order valence-electron chi connectivity index (χ1n) is 8.99. The van der Waals surface area contributed by atoms with Gasteiger partial charge >= 0.3 is 5.97 Å². The number of hydrogen-bond acceptors (Lipinski definition) is 4. The molecule has 2 aromatic rings. The molecule has 1 aliphatic carbocycles. The Hall–Kier alpha value is -2.62. The van der Waals surface area contributed by atoms with Crippen molar-refractivity contribution in [2.45, 2.75) is 44.2 Å². The maximum Gasteiger partial charge on any atom is 0.354 e. The molecule has 25 heavy (non-hydrogen) atoms. The fraction of sp³-hybridized carbons (Fsp3) is 0.333. The monoisotopic (exact) mass is 334 g/mol. The van der Waals surface area contributed by atoms with Crippen molar-refractivity contribution in [3.05, 3.63) is 66.2 Å². The van der Waals surface area contributed by atoms with Crippen LogP contribution < -0.4 is 5.01 Å². The van der Waals surface area contributed by atoms with Gasteiger partial charge in [-0.2, -0.15) is 5.10 Å². The van der Waals surface area contributed by atoms with Crippen molar-refractivity contribution in [1.82, 2.24) is 0 Å². The molecule has 2 aromatic carbocycles. The first kappa shape index (κ1) is 15.9. The zero-order chi connectivity index (χ0) is 17.1. The Balaban J connectivity index is 1.59. The van der Waals surface area contributed by atoms with E-state index in [0.29, 0.717) is 12.1 Å². The van der Waals surface area contributed by atoms with E-state index >= 15 is 0 Å². The normalized spacial score (nSPS) is 20.6. The van der Waals surface area contributed by atoms with Gasteiger partial charge in [0.05, 0.1) is 11.7 Å². The summed E-state index contributed by atoms with van der Waals surface area (Å²) in [6.45, 7) is 0. The Labute approximate surface area is 148 Å². The Kier molecular flexibility index (Phi) is 4.51. The number of ether oxygens (including phenoxy) is 1. The lowest BCUT2D eigenvalue weighted by molar-refractivity contribution is -0.140. The lowest BCUT2D eigenvalue weighted by atomic mass is 10.0. The third-order valence-corrected chi connectivity index (χ3v) is 4.93. The summed E-state index contributed by atoms with van der Waals surface area (Å²) >= 11 is 0. The van der Waals surface area contributed by atoms with Gasteiger partial charge in [0.15, 0.2) is 0 Å².